The molecule has 0 atom stereocenters. The van der Waals surface area contributed by atoms with E-state index in [1.165, 1.54) is 0 Å². The Morgan fingerprint density at radius 1 is 1.50 bits per heavy atom. The van der Waals surface area contributed by atoms with E-state index in [0.717, 1.165) is 0 Å². The Morgan fingerprint density at radius 2 is 2.07 bits per heavy atom. The van der Waals surface area contributed by atoms with E-state index in [9.17, 15) is 21.6 Å². The first-order valence-corrected chi connectivity index (χ1v) is 5.60. The second-order valence-electron chi connectivity index (χ2n) is 2.31. The Balaban J connectivity index is 3.06. The number of oxazole rings is 1. The second-order valence-corrected chi connectivity index (χ2v) is 5.09. The Hall–Kier alpha value is -0.760. The van der Waals surface area contributed by atoms with Crippen molar-refractivity contribution < 1.29 is 26.0 Å². The molecule has 0 saturated carbocycles. The third kappa shape index (κ3) is 2.88. The number of rotatable bonds is 2. The summed E-state index contributed by atoms with van der Waals surface area (Å²) in [6.45, 7) is 0. The number of alkyl halides is 3. The van der Waals surface area contributed by atoms with E-state index < -0.39 is 32.4 Å². The molecule has 0 amide bonds. The molecule has 0 spiro atoms. The fourth-order valence-corrected chi connectivity index (χ4v) is 1.61. The first-order valence-electron chi connectivity index (χ1n) is 3.12. The number of hydrogen-bond donors (Lipinski definition) is 0. The fourth-order valence-electron chi connectivity index (χ4n) is 0.766. The summed E-state index contributed by atoms with van der Waals surface area (Å²) < 4.78 is 61.3. The van der Waals surface area contributed by atoms with Gasteiger partial charge in [-0.2, -0.15) is 13.2 Å². The summed E-state index contributed by atoms with van der Waals surface area (Å²) in [7, 11) is 0.690. The molecular formula is C5H3ClF3NO3S. The lowest BCUT2D eigenvalue weighted by Crippen LogP contribution is -2.09. The van der Waals surface area contributed by atoms with Crippen LogP contribution in [0.5, 0.6) is 0 Å². The number of halogens is 4. The van der Waals surface area contributed by atoms with E-state index in [1.54, 1.807) is 0 Å². The van der Waals surface area contributed by atoms with Crippen molar-refractivity contribution in [3.63, 3.8) is 0 Å². The Labute approximate surface area is 81.1 Å². The van der Waals surface area contributed by atoms with Crippen molar-refractivity contribution in [2.75, 3.05) is 0 Å². The van der Waals surface area contributed by atoms with Crippen LogP contribution in [0.3, 0.4) is 0 Å². The van der Waals surface area contributed by atoms with Gasteiger partial charge >= 0.3 is 6.18 Å². The molecule has 0 aliphatic carbocycles. The zero-order chi connectivity index (χ0) is 11.0. The van der Waals surface area contributed by atoms with E-state index in [4.69, 9.17) is 10.7 Å². The highest BCUT2D eigenvalue weighted by atomic mass is 35.7. The van der Waals surface area contributed by atoms with Crippen molar-refractivity contribution in [1.29, 1.82) is 0 Å². The summed E-state index contributed by atoms with van der Waals surface area (Å²) in [5, 5.41) is 0. The van der Waals surface area contributed by atoms with Crippen molar-refractivity contribution in [3.8, 4) is 0 Å². The minimum Gasteiger partial charge on any atom is -0.439 e. The molecule has 9 heteroatoms. The summed E-state index contributed by atoms with van der Waals surface area (Å²) in [5.41, 5.74) is -0.743. The average Bonchev–Trinajstić information content (AvgIpc) is 2.29. The van der Waals surface area contributed by atoms with Crippen LogP contribution in [0.2, 0.25) is 0 Å². The van der Waals surface area contributed by atoms with Crippen LogP contribution in [0.4, 0.5) is 13.2 Å². The second kappa shape index (κ2) is 3.43. The molecule has 0 aliphatic heterocycles. The molecule has 80 valence electrons. The van der Waals surface area contributed by atoms with Crippen molar-refractivity contribution in [2.24, 2.45) is 0 Å². The molecule has 1 aromatic rings. The number of nitrogens with zero attached hydrogens (tertiary/aromatic N) is 1. The van der Waals surface area contributed by atoms with Gasteiger partial charge in [-0.1, -0.05) is 0 Å². The van der Waals surface area contributed by atoms with Gasteiger partial charge < -0.3 is 4.42 Å². The number of hydrogen-bond acceptors (Lipinski definition) is 4. The molecule has 0 radical (unpaired) electrons. The van der Waals surface area contributed by atoms with Crippen molar-refractivity contribution in [3.05, 3.63) is 17.8 Å². The van der Waals surface area contributed by atoms with Crippen LogP contribution in [0.15, 0.2) is 10.8 Å². The smallest absolute Gasteiger partial charge is 0.439 e. The summed E-state index contributed by atoms with van der Waals surface area (Å²) >= 11 is 0. The molecule has 0 saturated heterocycles. The zero-order valence-corrected chi connectivity index (χ0v) is 7.95. The summed E-state index contributed by atoms with van der Waals surface area (Å²) in [5.74, 6) is -2.46. The van der Waals surface area contributed by atoms with E-state index in [0.29, 0.717) is 6.39 Å². The van der Waals surface area contributed by atoms with Gasteiger partial charge in [-0.05, 0) is 0 Å². The molecule has 1 heterocycles. The van der Waals surface area contributed by atoms with Gasteiger partial charge in [-0.15, -0.1) is 0 Å². The predicted octanol–water partition coefficient (Wildman–Crippen LogP) is 1.76. The highest BCUT2D eigenvalue weighted by molar-refractivity contribution is 8.13. The van der Waals surface area contributed by atoms with E-state index in [1.807, 2.05) is 0 Å². The average molecular weight is 250 g/mol. The quantitative estimate of drug-likeness (QED) is 0.750. The van der Waals surface area contributed by atoms with Gasteiger partial charge in [-0.3, -0.25) is 0 Å². The lowest BCUT2D eigenvalue weighted by atomic mass is 10.4. The summed E-state index contributed by atoms with van der Waals surface area (Å²) in [4.78, 5) is 3.12. The molecule has 0 aliphatic rings. The molecular weight excluding hydrogens is 247 g/mol. The Bertz CT molecular complexity index is 424. The summed E-state index contributed by atoms with van der Waals surface area (Å²) in [6.07, 6.45) is -4.26. The maximum atomic E-state index is 12.1. The maximum absolute atomic E-state index is 12.1. The summed E-state index contributed by atoms with van der Waals surface area (Å²) in [6, 6.07) is 0. The van der Waals surface area contributed by atoms with Gasteiger partial charge in [0.25, 0.3) is 0 Å². The Morgan fingerprint density at radius 3 is 2.50 bits per heavy atom. The lowest BCUT2D eigenvalue weighted by Gasteiger charge is -2.02. The van der Waals surface area contributed by atoms with Gasteiger partial charge in [0.1, 0.15) is 11.4 Å². The van der Waals surface area contributed by atoms with Crippen molar-refractivity contribution in [1.82, 2.24) is 4.98 Å². The SMILES string of the molecule is O=S(=O)(Cl)Cc1ncoc1C(F)(F)F. The Kier molecular flexibility index (Phi) is 2.77. The van der Waals surface area contributed by atoms with Crippen molar-refractivity contribution >= 4 is 19.7 Å². The third-order valence-electron chi connectivity index (χ3n) is 1.21. The molecule has 0 unspecified atom stereocenters. The highest BCUT2D eigenvalue weighted by Gasteiger charge is 2.39. The van der Waals surface area contributed by atoms with Gasteiger partial charge in [0.2, 0.25) is 14.8 Å². The van der Waals surface area contributed by atoms with Gasteiger partial charge in [-0.25, -0.2) is 13.4 Å². The third-order valence-corrected chi connectivity index (χ3v) is 2.15. The molecule has 0 aromatic carbocycles. The van der Waals surface area contributed by atoms with Crippen LogP contribution in [0, 0.1) is 0 Å². The number of aromatic nitrogens is 1. The van der Waals surface area contributed by atoms with Gasteiger partial charge in [0.05, 0.1) is 0 Å². The largest absolute Gasteiger partial charge is 0.451 e. The highest BCUT2D eigenvalue weighted by Crippen LogP contribution is 2.32. The molecule has 14 heavy (non-hydrogen) atoms. The maximum Gasteiger partial charge on any atom is 0.451 e. The van der Waals surface area contributed by atoms with E-state index in [-0.39, 0.29) is 0 Å². The molecule has 1 rings (SSSR count). The topological polar surface area (TPSA) is 60.2 Å². The monoisotopic (exact) mass is 249 g/mol. The fraction of sp³-hybridized carbons (Fsp3) is 0.400. The van der Waals surface area contributed by atoms with Crippen LogP contribution in [0.25, 0.3) is 0 Å². The van der Waals surface area contributed by atoms with Gasteiger partial charge in [0.15, 0.2) is 6.39 Å². The van der Waals surface area contributed by atoms with Crippen LogP contribution in [0.1, 0.15) is 11.5 Å². The van der Waals surface area contributed by atoms with Gasteiger partial charge in [0, 0.05) is 10.7 Å². The van der Waals surface area contributed by atoms with Crippen LogP contribution in [-0.4, -0.2) is 13.4 Å². The van der Waals surface area contributed by atoms with Crippen LogP contribution in [-0.2, 0) is 21.0 Å². The first-order chi connectivity index (χ1) is 6.20. The predicted molar refractivity (Wildman–Crippen MR) is 40.0 cm³/mol. The standard InChI is InChI=1S/C5H3ClF3NO3S/c6-14(11,12)1-3-4(5(7,8)9)13-2-10-3/h2H,1H2. The molecule has 1 aromatic heterocycles. The van der Waals surface area contributed by atoms with Crippen LogP contribution >= 0.6 is 10.7 Å². The molecule has 4 nitrogen and oxygen atoms in total. The molecule has 0 N–H and O–H groups in total. The normalized spacial score (nSPS) is 13.1. The van der Waals surface area contributed by atoms with E-state index >= 15 is 0 Å². The van der Waals surface area contributed by atoms with E-state index in [2.05, 4.69) is 9.40 Å². The minimum atomic E-state index is -4.77. The first kappa shape index (κ1) is 11.3. The minimum absolute atomic E-state index is 0.514. The lowest BCUT2D eigenvalue weighted by molar-refractivity contribution is -0.153. The zero-order valence-electron chi connectivity index (χ0n) is 6.38. The molecule has 0 bridgehead atoms. The van der Waals surface area contributed by atoms with Crippen molar-refractivity contribution in [2.45, 2.75) is 11.9 Å². The molecule has 0 fully saturated rings. The van der Waals surface area contributed by atoms with Crippen LogP contribution < -0.4 is 0 Å².